The van der Waals surface area contributed by atoms with Gasteiger partial charge in [-0.25, -0.2) is 4.79 Å². The fraction of sp³-hybridized carbons (Fsp3) is 0.628. The molecule has 6 N–H and O–H groups in total. The minimum Gasteiger partial charge on any atom is -0.478 e. The molecule has 0 aliphatic carbocycles. The SMILES string of the molecule is CC(=CC=CC(C)=C[C@@H](O)[C@H](O)C[C@@H](C)O)C=C(C)C=C(C(=O)O)[C@H]1CCCC(=O)O[C@@H]([C@@H](C)CC(C)=C[C@@H](C)[C@H](O)C[C@@H](C)O)CC=CC[C@@H]1C. The monoisotopic (exact) mass is 728 g/mol. The molecule has 0 fully saturated rings. The third kappa shape index (κ3) is 19.1. The van der Waals surface area contributed by atoms with Crippen molar-refractivity contribution in [3.05, 3.63) is 82.5 Å². The van der Waals surface area contributed by atoms with Gasteiger partial charge in [-0.05, 0) is 97.5 Å². The van der Waals surface area contributed by atoms with Gasteiger partial charge in [0.1, 0.15) is 6.10 Å². The summed E-state index contributed by atoms with van der Waals surface area (Å²) in [5.74, 6) is -1.56. The summed E-state index contributed by atoms with van der Waals surface area (Å²) in [5.41, 5.74) is 3.83. The van der Waals surface area contributed by atoms with Gasteiger partial charge in [-0.3, -0.25) is 4.79 Å². The van der Waals surface area contributed by atoms with Gasteiger partial charge in [0.2, 0.25) is 0 Å². The molecule has 10 atom stereocenters. The van der Waals surface area contributed by atoms with Crippen LogP contribution in [0.15, 0.2) is 82.5 Å². The number of cyclic esters (lactones) is 1. The second-order valence-corrected chi connectivity index (χ2v) is 15.3. The zero-order chi connectivity index (χ0) is 39.5. The van der Waals surface area contributed by atoms with Crippen LogP contribution in [0.4, 0.5) is 0 Å². The van der Waals surface area contributed by atoms with Gasteiger partial charge in [-0.2, -0.15) is 0 Å². The van der Waals surface area contributed by atoms with Crippen molar-refractivity contribution in [2.45, 2.75) is 150 Å². The Morgan fingerprint density at radius 1 is 0.865 bits per heavy atom. The number of hydrogen-bond acceptors (Lipinski definition) is 8. The number of aliphatic hydroxyl groups is 5. The van der Waals surface area contributed by atoms with Gasteiger partial charge in [-0.15, -0.1) is 0 Å². The summed E-state index contributed by atoms with van der Waals surface area (Å²) >= 11 is 0. The molecule has 1 rings (SSSR count). The molecule has 1 heterocycles. The Bertz CT molecular complexity index is 1330. The molecule has 9 nitrogen and oxygen atoms in total. The number of esters is 1. The maximum absolute atomic E-state index is 13.0. The number of carbonyl (C=O) groups excluding carboxylic acids is 1. The molecule has 1 aliphatic rings. The van der Waals surface area contributed by atoms with Crippen LogP contribution in [0.3, 0.4) is 0 Å². The summed E-state index contributed by atoms with van der Waals surface area (Å²) in [6, 6.07) is 0. The average Bonchev–Trinajstić information content (AvgIpc) is 3.01. The Hall–Kier alpha value is -3.08. The van der Waals surface area contributed by atoms with E-state index in [4.69, 9.17) is 4.74 Å². The van der Waals surface area contributed by atoms with Crippen molar-refractivity contribution in [3.63, 3.8) is 0 Å². The van der Waals surface area contributed by atoms with E-state index in [1.165, 1.54) is 6.08 Å². The van der Waals surface area contributed by atoms with Crippen molar-refractivity contribution in [2.75, 3.05) is 0 Å². The first-order valence-corrected chi connectivity index (χ1v) is 18.9. The van der Waals surface area contributed by atoms with E-state index < -0.39 is 36.5 Å². The van der Waals surface area contributed by atoms with Crippen LogP contribution in [0.1, 0.15) is 114 Å². The highest BCUT2D eigenvalue weighted by Gasteiger charge is 2.28. The molecule has 0 saturated carbocycles. The molecule has 0 unspecified atom stereocenters. The van der Waals surface area contributed by atoms with Crippen LogP contribution in [0.25, 0.3) is 0 Å². The maximum atomic E-state index is 13.0. The van der Waals surface area contributed by atoms with Crippen LogP contribution >= 0.6 is 0 Å². The van der Waals surface area contributed by atoms with Crippen molar-refractivity contribution >= 4 is 11.9 Å². The zero-order valence-corrected chi connectivity index (χ0v) is 33.0. The number of aliphatic hydroxyl groups excluding tert-OH is 5. The Morgan fingerprint density at radius 2 is 1.48 bits per heavy atom. The smallest absolute Gasteiger partial charge is 0.331 e. The summed E-state index contributed by atoms with van der Waals surface area (Å²) in [7, 11) is 0. The second kappa shape index (κ2) is 24.3. The van der Waals surface area contributed by atoms with Crippen molar-refractivity contribution in [3.8, 4) is 0 Å². The third-order valence-corrected chi connectivity index (χ3v) is 9.54. The van der Waals surface area contributed by atoms with Crippen LogP contribution in [0.5, 0.6) is 0 Å². The number of carboxylic acids is 1. The molecule has 0 bridgehead atoms. The van der Waals surface area contributed by atoms with E-state index in [0.29, 0.717) is 44.1 Å². The van der Waals surface area contributed by atoms with E-state index in [9.17, 15) is 40.2 Å². The zero-order valence-electron chi connectivity index (χ0n) is 33.0. The third-order valence-electron chi connectivity index (χ3n) is 9.54. The number of allylic oxidation sites excluding steroid dienone is 10. The summed E-state index contributed by atoms with van der Waals surface area (Å²) < 4.78 is 5.97. The first-order valence-electron chi connectivity index (χ1n) is 18.9. The first kappa shape index (κ1) is 46.9. The second-order valence-electron chi connectivity index (χ2n) is 15.3. The maximum Gasteiger partial charge on any atom is 0.331 e. The lowest BCUT2D eigenvalue weighted by Crippen LogP contribution is -2.27. The molecule has 9 heteroatoms. The topological polar surface area (TPSA) is 165 Å². The van der Waals surface area contributed by atoms with E-state index in [2.05, 4.69) is 19.9 Å². The normalized spacial score (nSPS) is 25.0. The quantitative estimate of drug-likeness (QED) is 0.0390. The number of carboxylic acid groups (broad SMARTS) is 1. The highest BCUT2D eigenvalue weighted by atomic mass is 16.5. The predicted molar refractivity (Wildman–Crippen MR) is 208 cm³/mol. The highest BCUT2D eigenvalue weighted by molar-refractivity contribution is 5.88. The summed E-state index contributed by atoms with van der Waals surface area (Å²) in [5, 5.41) is 59.8. The van der Waals surface area contributed by atoms with Gasteiger partial charge in [-0.1, -0.05) is 91.7 Å². The Labute approximate surface area is 312 Å². The molecule has 0 spiro atoms. The first-order chi connectivity index (χ1) is 24.3. The Morgan fingerprint density at radius 3 is 2.10 bits per heavy atom. The number of rotatable bonds is 17. The number of carbonyl (C=O) groups is 2. The van der Waals surface area contributed by atoms with Gasteiger partial charge in [0.05, 0.1) is 30.5 Å². The average molecular weight is 729 g/mol. The molecule has 0 aromatic carbocycles. The molecule has 294 valence electrons. The molecule has 52 heavy (non-hydrogen) atoms. The predicted octanol–water partition coefficient (Wildman–Crippen LogP) is 7.31. The molecular formula is C43H68O9. The standard InChI is InChI=1S/C43H68O9/c1-27(14-12-15-28(2)24-39(47)40(48)26-35(9)45)20-29(3)23-37(43(50)51)36-17-13-19-42(49)52-41(18-11-10-16-31(36)5)33(7)22-30(4)21-32(6)38(46)25-34(8)44/h10-12,14-15,20-21,23-24,31-36,38-41,44-48H,13,16-19,22,25-26H2,1-9H3,(H,50,51)/t31-,32+,33-,34+,35+,36-,38+,39+,40+,41+/m0/s1. The minimum atomic E-state index is -1.09. The van der Waals surface area contributed by atoms with Gasteiger partial charge in [0.25, 0.3) is 0 Å². The Balaban J connectivity index is 3.07. The Kier molecular flexibility index (Phi) is 21.9. The van der Waals surface area contributed by atoms with Gasteiger partial charge in [0, 0.05) is 30.8 Å². The van der Waals surface area contributed by atoms with Gasteiger partial charge >= 0.3 is 11.9 Å². The van der Waals surface area contributed by atoms with Crippen molar-refractivity contribution in [2.24, 2.45) is 23.7 Å². The fourth-order valence-electron chi connectivity index (χ4n) is 6.67. The molecule has 0 radical (unpaired) electrons. The van der Waals surface area contributed by atoms with Crippen molar-refractivity contribution in [1.29, 1.82) is 0 Å². The lowest BCUT2D eigenvalue weighted by molar-refractivity contribution is -0.151. The minimum absolute atomic E-state index is 0.0289. The van der Waals surface area contributed by atoms with Crippen LogP contribution < -0.4 is 0 Å². The van der Waals surface area contributed by atoms with E-state index in [1.54, 1.807) is 32.9 Å². The summed E-state index contributed by atoms with van der Waals surface area (Å²) in [6.07, 6.45) is 16.0. The van der Waals surface area contributed by atoms with Gasteiger partial charge < -0.3 is 35.4 Å². The fourth-order valence-corrected chi connectivity index (χ4v) is 6.67. The number of aliphatic carboxylic acids is 1. The van der Waals surface area contributed by atoms with E-state index in [-0.39, 0.29) is 48.6 Å². The van der Waals surface area contributed by atoms with Crippen LogP contribution in [0.2, 0.25) is 0 Å². The van der Waals surface area contributed by atoms with Crippen LogP contribution in [0, 0.1) is 23.7 Å². The van der Waals surface area contributed by atoms with E-state index >= 15 is 0 Å². The molecule has 0 aromatic rings. The molecular weight excluding hydrogens is 660 g/mol. The highest BCUT2D eigenvalue weighted by Crippen LogP contribution is 2.32. The molecule has 1 aliphatic heterocycles. The van der Waals surface area contributed by atoms with E-state index in [0.717, 1.165) is 22.3 Å². The van der Waals surface area contributed by atoms with Crippen molar-refractivity contribution < 1.29 is 45.0 Å². The van der Waals surface area contributed by atoms with Gasteiger partial charge in [0.15, 0.2) is 0 Å². The number of hydrogen-bond donors (Lipinski definition) is 6. The summed E-state index contributed by atoms with van der Waals surface area (Å²) in [6.45, 7) is 16.9. The van der Waals surface area contributed by atoms with Crippen LogP contribution in [-0.4, -0.2) is 79.2 Å². The molecule has 0 saturated heterocycles. The van der Waals surface area contributed by atoms with Crippen LogP contribution in [-0.2, 0) is 14.3 Å². The molecule has 0 amide bonds. The number of ether oxygens (including phenoxy) is 1. The lowest BCUT2D eigenvalue weighted by Gasteiger charge is -2.27. The summed E-state index contributed by atoms with van der Waals surface area (Å²) in [4.78, 5) is 25.6. The van der Waals surface area contributed by atoms with E-state index in [1.807, 2.05) is 58.1 Å². The van der Waals surface area contributed by atoms with Crippen molar-refractivity contribution in [1.82, 2.24) is 0 Å². The largest absolute Gasteiger partial charge is 0.478 e. The molecule has 0 aromatic heterocycles. The lowest BCUT2D eigenvalue weighted by atomic mass is 9.80.